The van der Waals surface area contributed by atoms with Crippen LogP contribution in [-0.2, 0) is 18.1 Å². The van der Waals surface area contributed by atoms with E-state index in [9.17, 15) is 4.21 Å². The average molecular weight is 160 g/mol. The second-order valence-electron chi connectivity index (χ2n) is 2.01. The van der Waals surface area contributed by atoms with E-state index in [0.29, 0.717) is 5.03 Å². The second-order valence-corrected chi connectivity index (χ2v) is 2.89. The molecule has 1 aromatic rings. The Morgan fingerprint density at radius 2 is 2.40 bits per heavy atom. The predicted octanol–water partition coefficient (Wildman–Crippen LogP) is 0.309. The highest BCUT2D eigenvalue weighted by atomic mass is 32.2. The van der Waals surface area contributed by atoms with Crippen LogP contribution in [0.1, 0.15) is 5.56 Å². The van der Waals surface area contributed by atoms with Crippen molar-refractivity contribution in [1.82, 2.24) is 9.78 Å². The third kappa shape index (κ3) is 1.10. The monoisotopic (exact) mass is 160 g/mol. The van der Waals surface area contributed by atoms with Gasteiger partial charge in [-0.3, -0.25) is 4.68 Å². The van der Waals surface area contributed by atoms with E-state index in [2.05, 4.69) is 5.10 Å². The summed E-state index contributed by atoms with van der Waals surface area (Å²) >= 11 is -1.92. The molecule has 0 aliphatic rings. The lowest BCUT2D eigenvalue weighted by Gasteiger charge is -1.94. The molecular weight excluding hydrogens is 152 g/mol. The maximum absolute atomic E-state index is 10.6. The van der Waals surface area contributed by atoms with Crippen LogP contribution in [-0.4, -0.2) is 18.5 Å². The van der Waals surface area contributed by atoms with Gasteiger partial charge in [-0.2, -0.15) is 5.10 Å². The molecule has 1 aromatic heterocycles. The fourth-order valence-corrected chi connectivity index (χ4v) is 1.39. The van der Waals surface area contributed by atoms with Gasteiger partial charge in [0.2, 0.25) is 11.1 Å². The van der Waals surface area contributed by atoms with Gasteiger partial charge >= 0.3 is 0 Å². The van der Waals surface area contributed by atoms with Crippen molar-refractivity contribution in [3.8, 4) is 0 Å². The number of hydrogen-bond donors (Lipinski definition) is 1. The van der Waals surface area contributed by atoms with Gasteiger partial charge in [0, 0.05) is 12.6 Å². The minimum absolute atomic E-state index is 0.361. The molecular formula is C5H8N2O2S. The first-order valence-electron chi connectivity index (χ1n) is 2.72. The molecule has 0 amide bonds. The Balaban J connectivity index is 3.23. The summed E-state index contributed by atoms with van der Waals surface area (Å²) in [6, 6.07) is 0. The largest absolute Gasteiger partial charge is 0.301 e. The number of aromatic nitrogens is 2. The van der Waals surface area contributed by atoms with Crippen LogP contribution in [0.3, 0.4) is 0 Å². The second kappa shape index (κ2) is 2.51. The molecule has 10 heavy (non-hydrogen) atoms. The van der Waals surface area contributed by atoms with E-state index in [0.717, 1.165) is 5.56 Å². The summed E-state index contributed by atoms with van der Waals surface area (Å²) in [6.07, 6.45) is 1.56. The fourth-order valence-electron chi connectivity index (χ4n) is 0.787. The number of nitrogens with zero attached hydrogens (tertiary/aromatic N) is 2. The third-order valence-corrected chi connectivity index (χ3v) is 2.14. The molecule has 0 fully saturated rings. The van der Waals surface area contributed by atoms with E-state index >= 15 is 0 Å². The summed E-state index contributed by atoms with van der Waals surface area (Å²) in [4.78, 5) is 0. The van der Waals surface area contributed by atoms with Crippen LogP contribution in [0, 0.1) is 6.92 Å². The van der Waals surface area contributed by atoms with Gasteiger partial charge in [-0.25, -0.2) is 4.21 Å². The maximum Gasteiger partial charge on any atom is 0.205 e. The topological polar surface area (TPSA) is 55.1 Å². The summed E-state index contributed by atoms with van der Waals surface area (Å²) < 4.78 is 20.6. The van der Waals surface area contributed by atoms with E-state index in [-0.39, 0.29) is 0 Å². The van der Waals surface area contributed by atoms with Crippen molar-refractivity contribution in [2.75, 3.05) is 0 Å². The summed E-state index contributed by atoms with van der Waals surface area (Å²) in [5.74, 6) is 0. The standard InChI is InChI=1S/C5H8N2O2S/c1-4-3-6-7(2)5(4)10(8)9/h3H,1-2H3,(H,8,9). The molecule has 0 bridgehead atoms. The smallest absolute Gasteiger partial charge is 0.205 e. The molecule has 1 atom stereocenters. The Kier molecular flexibility index (Phi) is 1.87. The highest BCUT2D eigenvalue weighted by Crippen LogP contribution is 2.08. The summed E-state index contributed by atoms with van der Waals surface area (Å²) in [5, 5.41) is 4.16. The highest BCUT2D eigenvalue weighted by molar-refractivity contribution is 7.79. The van der Waals surface area contributed by atoms with Crippen molar-refractivity contribution in [3.05, 3.63) is 11.8 Å². The molecule has 0 aliphatic carbocycles. The van der Waals surface area contributed by atoms with Crippen molar-refractivity contribution in [2.24, 2.45) is 7.05 Å². The van der Waals surface area contributed by atoms with Gasteiger partial charge in [0.25, 0.3) is 0 Å². The van der Waals surface area contributed by atoms with Gasteiger partial charge in [-0.15, -0.1) is 0 Å². The molecule has 0 radical (unpaired) electrons. The van der Waals surface area contributed by atoms with Crippen LogP contribution in [0.2, 0.25) is 0 Å². The zero-order valence-electron chi connectivity index (χ0n) is 5.74. The Morgan fingerprint density at radius 3 is 2.60 bits per heavy atom. The first-order chi connectivity index (χ1) is 4.63. The molecule has 0 saturated carbocycles. The molecule has 0 aliphatic heterocycles. The lowest BCUT2D eigenvalue weighted by atomic mass is 10.4. The number of aryl methyl sites for hydroxylation is 2. The predicted molar refractivity (Wildman–Crippen MR) is 37.0 cm³/mol. The molecule has 1 heterocycles. The lowest BCUT2D eigenvalue weighted by Crippen LogP contribution is -2.00. The number of hydrogen-bond acceptors (Lipinski definition) is 2. The van der Waals surface area contributed by atoms with Crippen LogP contribution < -0.4 is 0 Å². The molecule has 1 N–H and O–H groups in total. The minimum Gasteiger partial charge on any atom is -0.301 e. The van der Waals surface area contributed by atoms with Gasteiger partial charge in [0.05, 0.1) is 6.20 Å². The van der Waals surface area contributed by atoms with Crippen LogP contribution in [0.5, 0.6) is 0 Å². The van der Waals surface area contributed by atoms with Gasteiger partial charge in [0.1, 0.15) is 0 Å². The van der Waals surface area contributed by atoms with Crippen molar-refractivity contribution in [3.63, 3.8) is 0 Å². The van der Waals surface area contributed by atoms with Crippen molar-refractivity contribution in [2.45, 2.75) is 11.9 Å². The molecule has 1 unspecified atom stereocenters. The highest BCUT2D eigenvalue weighted by Gasteiger charge is 2.08. The molecule has 0 aromatic carbocycles. The van der Waals surface area contributed by atoms with Crippen LogP contribution in [0.4, 0.5) is 0 Å². The zero-order valence-corrected chi connectivity index (χ0v) is 6.55. The lowest BCUT2D eigenvalue weighted by molar-refractivity contribution is 0.546. The molecule has 56 valence electrons. The van der Waals surface area contributed by atoms with Gasteiger partial charge in [-0.1, -0.05) is 0 Å². The summed E-state index contributed by atoms with van der Waals surface area (Å²) in [5.41, 5.74) is 0.739. The van der Waals surface area contributed by atoms with E-state index in [1.54, 1.807) is 20.2 Å². The van der Waals surface area contributed by atoms with Crippen molar-refractivity contribution >= 4 is 11.1 Å². The van der Waals surface area contributed by atoms with Crippen LogP contribution >= 0.6 is 0 Å². The van der Waals surface area contributed by atoms with Crippen LogP contribution in [0.25, 0.3) is 0 Å². The Hall–Kier alpha value is -0.680. The van der Waals surface area contributed by atoms with E-state index in [1.165, 1.54) is 4.68 Å². The van der Waals surface area contributed by atoms with E-state index in [4.69, 9.17) is 4.55 Å². The van der Waals surface area contributed by atoms with Gasteiger partial charge in [0.15, 0.2) is 5.03 Å². The zero-order chi connectivity index (χ0) is 7.72. The van der Waals surface area contributed by atoms with Crippen LogP contribution in [0.15, 0.2) is 11.2 Å². The van der Waals surface area contributed by atoms with Gasteiger partial charge < -0.3 is 4.55 Å². The summed E-state index contributed by atoms with van der Waals surface area (Å²) in [7, 11) is 1.64. The SMILES string of the molecule is Cc1cnn(C)c1S(=O)O. The Morgan fingerprint density at radius 1 is 1.80 bits per heavy atom. The van der Waals surface area contributed by atoms with Gasteiger partial charge in [-0.05, 0) is 6.92 Å². The first-order valence-corrected chi connectivity index (χ1v) is 3.83. The Labute approximate surface area is 61.1 Å². The summed E-state index contributed by atoms with van der Waals surface area (Å²) in [6.45, 7) is 1.75. The van der Waals surface area contributed by atoms with Crippen molar-refractivity contribution < 1.29 is 8.76 Å². The molecule has 0 saturated heterocycles. The molecule has 0 spiro atoms. The molecule has 1 rings (SSSR count). The first kappa shape index (κ1) is 7.43. The van der Waals surface area contributed by atoms with Crippen molar-refractivity contribution in [1.29, 1.82) is 0 Å². The molecule has 4 nitrogen and oxygen atoms in total. The minimum atomic E-state index is -1.92. The van der Waals surface area contributed by atoms with E-state index < -0.39 is 11.1 Å². The molecule has 5 heteroatoms. The fraction of sp³-hybridized carbons (Fsp3) is 0.400. The third-order valence-electron chi connectivity index (χ3n) is 1.22. The number of rotatable bonds is 1. The Bertz CT molecular complexity index is 249. The normalized spacial score (nSPS) is 13.5. The average Bonchev–Trinajstić information content (AvgIpc) is 2.11. The quantitative estimate of drug-likeness (QED) is 0.601. The van der Waals surface area contributed by atoms with E-state index in [1.807, 2.05) is 0 Å². The maximum atomic E-state index is 10.6.